The molecule has 19 heavy (non-hydrogen) atoms. The van der Waals surface area contributed by atoms with Crippen molar-refractivity contribution in [3.05, 3.63) is 24.0 Å². The van der Waals surface area contributed by atoms with Crippen LogP contribution in [-0.4, -0.2) is 0 Å². The fourth-order valence-corrected chi connectivity index (χ4v) is 11.1. The Labute approximate surface area is 180 Å². The van der Waals surface area contributed by atoms with Crippen LogP contribution < -0.4 is 0 Å². The minimum absolute atomic E-state index is 1.13. The van der Waals surface area contributed by atoms with E-state index in [1.165, 1.54) is 32.5 Å². The maximum atomic E-state index is 2.49. The Balaban J connectivity index is 2.41. The first-order valence-corrected chi connectivity index (χ1v) is 12.4. The van der Waals surface area contributed by atoms with Crippen molar-refractivity contribution in [2.45, 2.75) is 35.1 Å². The highest BCUT2D eigenvalue weighted by Gasteiger charge is 2.19. The minimum atomic E-state index is 1.13. The Morgan fingerprint density at radius 3 is 1.47 bits per heavy atom. The molecule has 0 nitrogen and oxygen atoms in total. The molecule has 0 aliphatic heterocycles. The summed E-state index contributed by atoms with van der Waals surface area (Å²) in [7, 11) is 0. The van der Waals surface area contributed by atoms with Gasteiger partial charge in [0.1, 0.15) is 0 Å². The second-order valence-electron chi connectivity index (χ2n) is 3.72. The molecular weight excluding hydrogens is 748 g/mol. The van der Waals surface area contributed by atoms with E-state index in [1.54, 1.807) is 0 Å². The summed E-state index contributed by atoms with van der Waals surface area (Å²) in [6, 6.07) is 0. The van der Waals surface area contributed by atoms with Gasteiger partial charge in [0, 0.05) is 7.14 Å². The van der Waals surface area contributed by atoms with E-state index in [0.717, 1.165) is 12.8 Å². The van der Waals surface area contributed by atoms with Crippen molar-refractivity contribution in [1.29, 1.82) is 0 Å². The number of halogens is 4. The highest BCUT2D eigenvalue weighted by Crippen LogP contribution is 2.46. The number of rotatable bonds is 4. The fraction of sp³-hybridized carbons (Fsp3) is 0.333. The van der Waals surface area contributed by atoms with E-state index in [9.17, 15) is 0 Å². The topological polar surface area (TPSA) is 0 Å². The van der Waals surface area contributed by atoms with Gasteiger partial charge < -0.3 is 0 Å². The molecule has 0 N–H and O–H groups in total. The summed E-state index contributed by atoms with van der Waals surface area (Å²) in [6.45, 7) is 4.51. The Morgan fingerprint density at radius 2 is 1.16 bits per heavy atom. The van der Waals surface area contributed by atoms with Gasteiger partial charge in [-0.25, -0.2) is 0 Å². The molecule has 0 amide bonds. The van der Waals surface area contributed by atoms with Gasteiger partial charge in [0.2, 0.25) is 0 Å². The van der Waals surface area contributed by atoms with E-state index >= 15 is 0 Å². The molecule has 104 valence electrons. The zero-order chi connectivity index (χ0) is 14.2. The van der Waals surface area contributed by atoms with Crippen molar-refractivity contribution in [2.75, 3.05) is 0 Å². The van der Waals surface area contributed by atoms with Crippen molar-refractivity contribution in [3.63, 3.8) is 0 Å². The summed E-state index contributed by atoms with van der Waals surface area (Å²) in [5.74, 6) is 0. The van der Waals surface area contributed by atoms with Crippen LogP contribution >= 0.6 is 125 Å². The second kappa shape index (κ2) is 7.97. The van der Waals surface area contributed by atoms with Crippen LogP contribution in [0, 0.1) is 12.9 Å². The van der Waals surface area contributed by atoms with Crippen LogP contribution in [0.3, 0.4) is 0 Å². The van der Waals surface area contributed by atoms with Gasteiger partial charge in [-0.05, 0) is 114 Å². The summed E-state index contributed by atoms with van der Waals surface area (Å²) < 4.78 is 8.73. The number of thiophene rings is 2. The Bertz CT molecular complexity index is 548. The van der Waals surface area contributed by atoms with E-state index in [4.69, 9.17) is 0 Å². The number of hydrogen-bond donors (Lipinski definition) is 0. The van der Waals surface area contributed by atoms with Crippen LogP contribution in [0.1, 0.15) is 25.0 Å². The lowest BCUT2D eigenvalue weighted by Gasteiger charge is -2.02. The van der Waals surface area contributed by atoms with Crippen molar-refractivity contribution in [1.82, 2.24) is 0 Å². The molecule has 2 heterocycles. The van der Waals surface area contributed by atoms with Gasteiger partial charge in [-0.2, -0.15) is 0 Å². The van der Waals surface area contributed by atoms with Gasteiger partial charge in [0.15, 0.2) is 0 Å². The third kappa shape index (κ3) is 3.96. The van der Waals surface area contributed by atoms with Gasteiger partial charge in [0.25, 0.3) is 0 Å². The Kier molecular flexibility index (Phi) is 7.56. The molecule has 2 aromatic rings. The molecule has 0 atom stereocenters. The third-order valence-electron chi connectivity index (χ3n) is 2.62. The van der Waals surface area contributed by atoms with Gasteiger partial charge in [0.05, 0.1) is 14.2 Å². The lowest BCUT2D eigenvalue weighted by atomic mass is 10.3. The molecule has 0 radical (unpaired) electrons. The lowest BCUT2D eigenvalue weighted by Crippen LogP contribution is -1.85. The van der Waals surface area contributed by atoms with Gasteiger partial charge in [-0.1, -0.05) is 25.6 Å². The molecule has 0 aromatic carbocycles. The van der Waals surface area contributed by atoms with E-state index in [1.807, 2.05) is 34.4 Å². The predicted molar refractivity (Wildman–Crippen MR) is 122 cm³/mol. The quantitative estimate of drug-likeness (QED) is 0.292. The Morgan fingerprint density at radius 1 is 0.789 bits per heavy atom. The normalized spacial score (nSPS) is 11.3. The summed E-state index contributed by atoms with van der Waals surface area (Å²) in [4.78, 5) is 0. The van der Waals surface area contributed by atoms with Crippen molar-refractivity contribution in [3.8, 4) is 0 Å². The lowest BCUT2D eigenvalue weighted by molar-refractivity contribution is 1.09. The molecule has 0 saturated carbocycles. The van der Waals surface area contributed by atoms with Crippen molar-refractivity contribution in [2.24, 2.45) is 0 Å². The average molecular weight is 758 g/mol. The number of hydrogen-bond acceptors (Lipinski definition) is 3. The smallest absolute Gasteiger partial charge is 0.0801 e. The predicted octanol–water partition coefficient (Wildman–Crippen LogP) is 7.50. The van der Waals surface area contributed by atoms with E-state index in [-0.39, 0.29) is 0 Å². The van der Waals surface area contributed by atoms with Crippen LogP contribution in [0.5, 0.6) is 0 Å². The fourth-order valence-electron chi connectivity index (χ4n) is 1.64. The molecule has 0 aliphatic rings. The van der Waals surface area contributed by atoms with Crippen LogP contribution in [0.15, 0.2) is 8.42 Å². The first-order chi connectivity index (χ1) is 8.99. The maximum Gasteiger partial charge on any atom is 0.0801 e. The van der Waals surface area contributed by atoms with Crippen LogP contribution in [-0.2, 0) is 12.8 Å². The van der Waals surface area contributed by atoms with Crippen molar-refractivity contribution >= 4 is 125 Å². The van der Waals surface area contributed by atoms with Gasteiger partial charge in [-0.3, -0.25) is 0 Å². The first-order valence-electron chi connectivity index (χ1n) is 5.60. The van der Waals surface area contributed by atoms with Gasteiger partial charge in [-0.15, -0.1) is 22.7 Å². The molecule has 0 fully saturated rings. The highest BCUT2D eigenvalue weighted by molar-refractivity contribution is 14.1. The average Bonchev–Trinajstić information content (AvgIpc) is 2.79. The first kappa shape index (κ1) is 18.0. The molecule has 2 rings (SSSR count). The zero-order valence-corrected chi connectivity index (χ0v) is 21.2. The zero-order valence-electron chi connectivity index (χ0n) is 10.2. The molecule has 0 spiro atoms. The molecule has 0 unspecified atom stereocenters. The molecule has 0 aliphatic carbocycles. The molecule has 7 heteroatoms. The largest absolute Gasteiger partial charge is 0.121 e. The van der Waals surface area contributed by atoms with Crippen molar-refractivity contribution < 1.29 is 0 Å². The van der Waals surface area contributed by atoms with Crippen LogP contribution in [0.4, 0.5) is 0 Å². The third-order valence-corrected chi connectivity index (χ3v) is 13.7. The standard InChI is InChI=1S/C12H10I4S3/c1-3-5-7(13)9(15)17-11(5)19-12-6(4-2)8(14)10(16)18-12/h3-4H2,1-2H3. The maximum absolute atomic E-state index is 2.49. The Hall–Kier alpha value is 2.67. The monoisotopic (exact) mass is 758 g/mol. The summed E-state index contributed by atoms with van der Waals surface area (Å²) >= 11 is 15.8. The summed E-state index contributed by atoms with van der Waals surface area (Å²) in [5.41, 5.74) is 3.06. The SMILES string of the molecule is CCc1c(Sc2sc(I)c(I)c2CC)sc(I)c1I. The molecular formula is C12H10I4S3. The van der Waals surface area contributed by atoms with Crippen LogP contribution in [0.25, 0.3) is 0 Å². The van der Waals surface area contributed by atoms with Gasteiger partial charge >= 0.3 is 0 Å². The summed E-state index contributed by atoms with van der Waals surface area (Å²) in [6.07, 6.45) is 2.25. The minimum Gasteiger partial charge on any atom is -0.121 e. The molecule has 0 bridgehead atoms. The van der Waals surface area contributed by atoms with E-state index in [0.29, 0.717) is 0 Å². The molecule has 0 saturated heterocycles. The molecule has 2 aromatic heterocycles. The highest BCUT2D eigenvalue weighted by atomic mass is 127. The second-order valence-corrected chi connectivity index (χ2v) is 13.1. The van der Waals surface area contributed by atoms with E-state index < -0.39 is 0 Å². The van der Waals surface area contributed by atoms with E-state index in [2.05, 4.69) is 104 Å². The van der Waals surface area contributed by atoms with Crippen LogP contribution in [0.2, 0.25) is 0 Å². The summed E-state index contributed by atoms with van der Waals surface area (Å²) in [5, 5.41) is 0.